The van der Waals surface area contributed by atoms with Crippen LogP contribution in [0.2, 0.25) is 0 Å². The summed E-state index contributed by atoms with van der Waals surface area (Å²) >= 11 is 1.53. The van der Waals surface area contributed by atoms with Crippen LogP contribution in [0.3, 0.4) is 0 Å². The van der Waals surface area contributed by atoms with E-state index in [-0.39, 0.29) is 29.6 Å². The summed E-state index contributed by atoms with van der Waals surface area (Å²) in [5.41, 5.74) is 3.88. The van der Waals surface area contributed by atoms with E-state index in [9.17, 15) is 14.7 Å². The molecule has 2 fully saturated rings. The zero-order chi connectivity index (χ0) is 18.8. The molecular formula is C21H26N2O3S. The number of likely N-dealkylation sites (tertiary alicyclic amines) is 1. The standard InChI is InChI=1S/C21H26N2O3S/c24-12-17-6-3-9-23(17)21(26)19-20(27-13-22-19)18(25)8-7-14-10-15-4-1-2-5-16(15)11-14/h1-2,4-5,10,17,19-20,22,24H,3,6-9,11-13H2/t17-,19-,20?/m0/s1. The third-order valence-corrected chi connectivity index (χ3v) is 7.08. The smallest absolute Gasteiger partial charge is 0.241 e. The van der Waals surface area contributed by atoms with Gasteiger partial charge < -0.3 is 10.0 Å². The van der Waals surface area contributed by atoms with Crippen LogP contribution in [0, 0.1) is 0 Å². The van der Waals surface area contributed by atoms with Crippen LogP contribution in [0.15, 0.2) is 29.8 Å². The fourth-order valence-corrected chi connectivity index (χ4v) is 5.52. The van der Waals surface area contributed by atoms with E-state index in [1.165, 1.54) is 28.5 Å². The quantitative estimate of drug-likeness (QED) is 0.783. The highest BCUT2D eigenvalue weighted by molar-refractivity contribution is 8.00. The molecule has 0 radical (unpaired) electrons. The number of nitrogens with one attached hydrogen (secondary N) is 1. The number of aliphatic hydroxyl groups excluding tert-OH is 1. The van der Waals surface area contributed by atoms with Crippen molar-refractivity contribution in [2.45, 2.75) is 49.4 Å². The van der Waals surface area contributed by atoms with Crippen LogP contribution >= 0.6 is 11.8 Å². The lowest BCUT2D eigenvalue weighted by atomic mass is 10.0. The average Bonchev–Trinajstić information content (AvgIpc) is 3.43. The molecule has 0 spiro atoms. The second-order valence-electron chi connectivity index (χ2n) is 7.57. The molecule has 0 bridgehead atoms. The minimum absolute atomic E-state index is 0.00106. The van der Waals surface area contributed by atoms with Crippen LogP contribution in [0.4, 0.5) is 0 Å². The van der Waals surface area contributed by atoms with E-state index in [4.69, 9.17) is 0 Å². The van der Waals surface area contributed by atoms with Crippen molar-refractivity contribution in [2.75, 3.05) is 19.0 Å². The summed E-state index contributed by atoms with van der Waals surface area (Å²) < 4.78 is 0. The largest absolute Gasteiger partial charge is 0.394 e. The Balaban J connectivity index is 1.35. The van der Waals surface area contributed by atoms with Crippen molar-refractivity contribution in [1.82, 2.24) is 10.2 Å². The van der Waals surface area contributed by atoms with Crippen molar-refractivity contribution >= 4 is 29.5 Å². The third-order valence-electron chi connectivity index (χ3n) is 5.85. The molecule has 5 nitrogen and oxygen atoms in total. The van der Waals surface area contributed by atoms with Gasteiger partial charge in [0.1, 0.15) is 11.8 Å². The molecule has 2 aliphatic heterocycles. The number of ketones is 1. The van der Waals surface area contributed by atoms with Gasteiger partial charge in [-0.05, 0) is 36.8 Å². The van der Waals surface area contributed by atoms with Gasteiger partial charge in [-0.15, -0.1) is 11.8 Å². The van der Waals surface area contributed by atoms with E-state index in [2.05, 4.69) is 29.6 Å². The predicted molar refractivity (Wildman–Crippen MR) is 107 cm³/mol. The molecule has 1 aromatic carbocycles. The maximum absolute atomic E-state index is 12.9. The average molecular weight is 387 g/mol. The number of carbonyl (C=O) groups excluding carboxylic acids is 2. The number of Topliss-reactive ketones (excluding diaryl/α,β-unsaturated/α-hetero) is 1. The Morgan fingerprint density at radius 1 is 1.30 bits per heavy atom. The summed E-state index contributed by atoms with van der Waals surface area (Å²) in [5, 5.41) is 12.4. The molecule has 1 aromatic rings. The molecule has 0 saturated carbocycles. The summed E-state index contributed by atoms with van der Waals surface area (Å²) in [5.74, 6) is 0.751. The van der Waals surface area contributed by atoms with E-state index >= 15 is 0 Å². The molecule has 1 amide bonds. The van der Waals surface area contributed by atoms with Gasteiger partial charge in [0.15, 0.2) is 0 Å². The van der Waals surface area contributed by atoms with Gasteiger partial charge >= 0.3 is 0 Å². The number of fused-ring (bicyclic) bond motifs is 1. The molecule has 0 aromatic heterocycles. The van der Waals surface area contributed by atoms with Gasteiger partial charge in [0.05, 0.1) is 17.9 Å². The van der Waals surface area contributed by atoms with Crippen molar-refractivity contribution in [3.63, 3.8) is 0 Å². The number of carbonyl (C=O) groups is 2. The van der Waals surface area contributed by atoms with Crippen LogP contribution in [-0.2, 0) is 16.0 Å². The summed E-state index contributed by atoms with van der Waals surface area (Å²) in [6.07, 6.45) is 6.12. The lowest BCUT2D eigenvalue weighted by Crippen LogP contribution is -2.51. The van der Waals surface area contributed by atoms with Gasteiger partial charge in [-0.2, -0.15) is 0 Å². The van der Waals surface area contributed by atoms with E-state index < -0.39 is 6.04 Å². The normalized spacial score (nSPS) is 26.9. The van der Waals surface area contributed by atoms with Crippen molar-refractivity contribution in [2.24, 2.45) is 0 Å². The number of benzene rings is 1. The molecule has 2 saturated heterocycles. The van der Waals surface area contributed by atoms with Crippen LogP contribution in [0.5, 0.6) is 0 Å². The van der Waals surface area contributed by atoms with Gasteiger partial charge in [-0.25, -0.2) is 0 Å². The first-order valence-corrected chi connectivity index (χ1v) is 10.8. The monoisotopic (exact) mass is 386 g/mol. The van der Waals surface area contributed by atoms with E-state index in [0.717, 1.165) is 25.7 Å². The first-order chi connectivity index (χ1) is 13.2. The highest BCUT2D eigenvalue weighted by Crippen LogP contribution is 2.30. The highest BCUT2D eigenvalue weighted by Gasteiger charge is 2.42. The fourth-order valence-electron chi connectivity index (χ4n) is 4.36. The Labute approximate surface area is 164 Å². The van der Waals surface area contributed by atoms with E-state index in [1.807, 2.05) is 6.07 Å². The first kappa shape index (κ1) is 18.7. The van der Waals surface area contributed by atoms with Crippen LogP contribution in [-0.4, -0.2) is 58.1 Å². The van der Waals surface area contributed by atoms with Gasteiger partial charge in [-0.1, -0.05) is 35.9 Å². The molecule has 6 heteroatoms. The van der Waals surface area contributed by atoms with E-state index in [1.54, 1.807) is 4.90 Å². The molecule has 4 rings (SSSR count). The molecule has 3 atom stereocenters. The SMILES string of the molecule is O=C(CCC1=Cc2ccccc2C1)C1SCN[C@@H]1C(=O)N1CCC[C@H]1CO. The maximum atomic E-state index is 12.9. The molecule has 1 aliphatic carbocycles. The lowest BCUT2D eigenvalue weighted by Gasteiger charge is -2.28. The summed E-state index contributed by atoms with van der Waals surface area (Å²) in [6.45, 7) is 0.678. The molecule has 2 heterocycles. The Bertz CT molecular complexity index is 764. The second-order valence-corrected chi connectivity index (χ2v) is 8.70. The second kappa shape index (κ2) is 8.17. The van der Waals surface area contributed by atoms with Crippen molar-refractivity contribution in [3.8, 4) is 0 Å². The van der Waals surface area contributed by atoms with Crippen molar-refractivity contribution in [1.29, 1.82) is 0 Å². The molecule has 144 valence electrons. The zero-order valence-electron chi connectivity index (χ0n) is 15.4. The van der Waals surface area contributed by atoms with Gasteiger partial charge in [0.2, 0.25) is 5.91 Å². The van der Waals surface area contributed by atoms with Crippen LogP contribution < -0.4 is 5.32 Å². The summed E-state index contributed by atoms with van der Waals surface area (Å²) in [7, 11) is 0. The number of hydrogen-bond donors (Lipinski definition) is 2. The number of nitrogens with zero attached hydrogens (tertiary/aromatic N) is 1. The number of aliphatic hydroxyl groups is 1. The number of rotatable bonds is 6. The van der Waals surface area contributed by atoms with Crippen molar-refractivity contribution < 1.29 is 14.7 Å². The topological polar surface area (TPSA) is 69.6 Å². The van der Waals surface area contributed by atoms with Gasteiger partial charge in [0.25, 0.3) is 0 Å². The number of allylic oxidation sites excluding steroid dienone is 1. The van der Waals surface area contributed by atoms with Crippen molar-refractivity contribution in [3.05, 3.63) is 41.0 Å². The number of hydrogen-bond acceptors (Lipinski definition) is 5. The predicted octanol–water partition coefficient (Wildman–Crippen LogP) is 1.99. The minimum Gasteiger partial charge on any atom is -0.394 e. The van der Waals surface area contributed by atoms with Gasteiger partial charge in [-0.3, -0.25) is 14.9 Å². The zero-order valence-corrected chi connectivity index (χ0v) is 16.2. The van der Waals surface area contributed by atoms with E-state index in [0.29, 0.717) is 18.8 Å². The van der Waals surface area contributed by atoms with Crippen LogP contribution in [0.1, 0.15) is 36.8 Å². The number of amides is 1. The Morgan fingerprint density at radius 3 is 2.96 bits per heavy atom. The maximum Gasteiger partial charge on any atom is 0.241 e. The highest BCUT2D eigenvalue weighted by atomic mass is 32.2. The molecule has 1 unspecified atom stereocenters. The third kappa shape index (κ3) is 3.84. The molecule has 27 heavy (non-hydrogen) atoms. The molecule has 2 N–H and O–H groups in total. The minimum atomic E-state index is -0.454. The Hall–Kier alpha value is -1.63. The van der Waals surface area contributed by atoms with Crippen LogP contribution in [0.25, 0.3) is 6.08 Å². The number of thioether (sulfide) groups is 1. The summed E-state index contributed by atoms with van der Waals surface area (Å²) in [6, 6.07) is 7.80. The molecule has 3 aliphatic rings. The molecular weight excluding hydrogens is 360 g/mol. The fraction of sp³-hybridized carbons (Fsp3) is 0.524. The first-order valence-electron chi connectivity index (χ1n) is 9.74. The Morgan fingerprint density at radius 2 is 2.15 bits per heavy atom. The Kier molecular flexibility index (Phi) is 5.66. The summed E-state index contributed by atoms with van der Waals surface area (Å²) in [4.78, 5) is 27.5. The van der Waals surface area contributed by atoms with Gasteiger partial charge in [0, 0.05) is 18.8 Å². The lowest BCUT2D eigenvalue weighted by molar-refractivity contribution is -0.136.